The third kappa shape index (κ3) is 5.72. The summed E-state index contributed by atoms with van der Waals surface area (Å²) in [5, 5.41) is 0. The molecule has 0 unspecified atom stereocenters. The van der Waals surface area contributed by atoms with Crippen LogP contribution in [0.25, 0.3) is 0 Å². The fourth-order valence-corrected chi connectivity index (χ4v) is 5.37. The van der Waals surface area contributed by atoms with Gasteiger partial charge in [0.25, 0.3) is 15.9 Å². The van der Waals surface area contributed by atoms with E-state index in [9.17, 15) is 18.0 Å². The fourth-order valence-electron chi connectivity index (χ4n) is 3.71. The van der Waals surface area contributed by atoms with Crippen LogP contribution < -0.4 is 0 Å². The average molecular weight is 436 g/mol. The van der Waals surface area contributed by atoms with Gasteiger partial charge < -0.3 is 4.74 Å². The van der Waals surface area contributed by atoms with Crippen LogP contribution in [0.5, 0.6) is 0 Å². The number of hydrogen-bond acceptors (Lipinski definition) is 5. The highest BCUT2D eigenvalue weighted by atomic mass is 32.2. The van der Waals surface area contributed by atoms with Crippen LogP contribution >= 0.6 is 0 Å². The third-order valence-corrected chi connectivity index (χ3v) is 7.23. The molecule has 0 saturated carbocycles. The summed E-state index contributed by atoms with van der Waals surface area (Å²) in [7, 11) is -4.10. The molecule has 6 nitrogen and oxygen atoms in total. The van der Waals surface area contributed by atoms with Crippen molar-refractivity contribution in [1.29, 1.82) is 0 Å². The Labute approximate surface area is 180 Å². The third-order valence-electron chi connectivity index (χ3n) is 5.41. The van der Waals surface area contributed by atoms with Gasteiger partial charge in [-0.2, -0.15) is 0 Å². The number of carbonyl (C=O) groups excluding carboxylic acids is 2. The van der Waals surface area contributed by atoms with Gasteiger partial charge in [-0.05, 0) is 44.7 Å². The summed E-state index contributed by atoms with van der Waals surface area (Å²) in [5.74, 6) is -1.32. The second kappa shape index (κ2) is 10.8. The van der Waals surface area contributed by atoms with Gasteiger partial charge in [-0.3, -0.25) is 9.59 Å². The number of nitrogens with zero attached hydrogens (tertiary/aromatic N) is 1. The molecule has 1 aromatic rings. The lowest BCUT2D eigenvalue weighted by atomic mass is 9.90. The number of hydrogen-bond donors (Lipinski definition) is 0. The maximum atomic E-state index is 13.5. The molecule has 0 aromatic heterocycles. The van der Waals surface area contributed by atoms with E-state index >= 15 is 0 Å². The van der Waals surface area contributed by atoms with E-state index in [-0.39, 0.29) is 23.8 Å². The predicted molar refractivity (Wildman–Crippen MR) is 116 cm³/mol. The maximum absolute atomic E-state index is 13.5. The molecule has 1 aliphatic rings. The van der Waals surface area contributed by atoms with Crippen molar-refractivity contribution in [3.8, 4) is 0 Å². The first kappa shape index (κ1) is 24.1. The van der Waals surface area contributed by atoms with Crippen LogP contribution in [-0.2, 0) is 24.3 Å². The van der Waals surface area contributed by atoms with Crippen LogP contribution in [0.15, 0.2) is 40.8 Å². The second-order valence-electron chi connectivity index (χ2n) is 7.86. The first-order valence-electron chi connectivity index (χ1n) is 10.7. The molecular formula is C23H33NO5S. The van der Waals surface area contributed by atoms with Crippen LogP contribution in [0, 0.1) is 12.8 Å². The van der Waals surface area contributed by atoms with E-state index in [0.29, 0.717) is 12.0 Å². The van der Waals surface area contributed by atoms with Gasteiger partial charge in [0.1, 0.15) is 0 Å². The molecule has 166 valence electrons. The molecule has 0 radical (unpaired) electrons. The van der Waals surface area contributed by atoms with Gasteiger partial charge in [0, 0.05) is 5.57 Å². The topological polar surface area (TPSA) is 80.8 Å². The largest absolute Gasteiger partial charge is 0.466 e. The Morgan fingerprint density at radius 1 is 1.10 bits per heavy atom. The lowest BCUT2D eigenvalue weighted by Gasteiger charge is -2.37. The van der Waals surface area contributed by atoms with Crippen LogP contribution in [0.2, 0.25) is 0 Å². The lowest BCUT2D eigenvalue weighted by molar-refractivity contribution is -0.145. The van der Waals surface area contributed by atoms with E-state index in [4.69, 9.17) is 4.74 Å². The van der Waals surface area contributed by atoms with Gasteiger partial charge in [0.15, 0.2) is 0 Å². The zero-order chi connectivity index (χ0) is 22.3. The monoisotopic (exact) mass is 435 g/mol. The van der Waals surface area contributed by atoms with E-state index in [1.54, 1.807) is 19.1 Å². The molecule has 0 aliphatic carbocycles. The molecule has 0 N–H and O–H groups in total. The van der Waals surface area contributed by atoms with Gasteiger partial charge >= 0.3 is 5.97 Å². The summed E-state index contributed by atoms with van der Waals surface area (Å²) < 4.78 is 32.9. The Morgan fingerprint density at radius 2 is 1.77 bits per heavy atom. The minimum atomic E-state index is -4.10. The van der Waals surface area contributed by atoms with E-state index in [0.717, 1.165) is 35.6 Å². The van der Waals surface area contributed by atoms with Gasteiger partial charge in [0.2, 0.25) is 0 Å². The zero-order valence-corrected chi connectivity index (χ0v) is 19.2. The molecule has 0 bridgehead atoms. The highest BCUT2D eigenvalue weighted by molar-refractivity contribution is 7.89. The molecule has 1 aromatic carbocycles. The standard InChI is InChI=1S/C23H33NO5S/c1-5-7-8-9-10-19-15-18(4)21(16-22(25)29-6-2)24(23(19)26)30(27,28)20-13-11-17(3)12-14-20/h11-15,18,21H,5-10,16H2,1-4H3/t18-,21+/m0/s1. The van der Waals surface area contributed by atoms with Gasteiger partial charge in [-0.15, -0.1) is 0 Å². The van der Waals surface area contributed by atoms with E-state index < -0.39 is 27.9 Å². The lowest BCUT2D eigenvalue weighted by Crippen LogP contribution is -2.51. The summed E-state index contributed by atoms with van der Waals surface area (Å²) in [6.07, 6.45) is 6.19. The SMILES string of the molecule is CCCCCCC1=C[C@H](C)[C@@H](CC(=O)OCC)N(S(=O)(=O)c2ccc(C)cc2)C1=O. The molecular weight excluding hydrogens is 402 g/mol. The first-order valence-corrected chi connectivity index (χ1v) is 12.2. The Bertz CT molecular complexity index is 873. The second-order valence-corrected chi connectivity index (χ2v) is 9.67. The van der Waals surface area contributed by atoms with Crippen LogP contribution in [0.1, 0.15) is 64.9 Å². The van der Waals surface area contributed by atoms with E-state index in [2.05, 4.69) is 6.92 Å². The Kier molecular flexibility index (Phi) is 8.65. The molecule has 0 spiro atoms. The molecule has 1 aliphatic heterocycles. The summed E-state index contributed by atoms with van der Waals surface area (Å²) >= 11 is 0. The molecule has 2 atom stereocenters. The normalized spacial score (nSPS) is 19.5. The number of aryl methyl sites for hydroxylation is 1. The van der Waals surface area contributed by atoms with Crippen LogP contribution in [0.4, 0.5) is 0 Å². The van der Waals surface area contributed by atoms with Crippen molar-refractivity contribution in [2.75, 3.05) is 6.61 Å². The average Bonchev–Trinajstić information content (AvgIpc) is 2.69. The van der Waals surface area contributed by atoms with Crippen molar-refractivity contribution in [2.45, 2.75) is 77.2 Å². The van der Waals surface area contributed by atoms with Crippen molar-refractivity contribution in [1.82, 2.24) is 4.31 Å². The Hall–Kier alpha value is -2.15. The van der Waals surface area contributed by atoms with Crippen LogP contribution in [-0.4, -0.2) is 37.2 Å². The van der Waals surface area contributed by atoms with Crippen molar-refractivity contribution in [3.05, 3.63) is 41.5 Å². The van der Waals surface area contributed by atoms with Crippen molar-refractivity contribution in [3.63, 3.8) is 0 Å². The molecule has 1 amide bonds. The summed E-state index contributed by atoms with van der Waals surface area (Å²) in [6, 6.07) is 5.60. The zero-order valence-electron chi connectivity index (χ0n) is 18.4. The number of carbonyl (C=O) groups is 2. The van der Waals surface area contributed by atoms with Crippen LogP contribution in [0.3, 0.4) is 0 Å². The summed E-state index contributed by atoms with van der Waals surface area (Å²) in [5.41, 5.74) is 1.43. The number of benzene rings is 1. The molecule has 0 fully saturated rings. The van der Waals surface area contributed by atoms with Gasteiger partial charge in [0.05, 0.1) is 24.0 Å². The Morgan fingerprint density at radius 3 is 2.37 bits per heavy atom. The highest BCUT2D eigenvalue weighted by Crippen LogP contribution is 2.33. The molecule has 30 heavy (non-hydrogen) atoms. The minimum Gasteiger partial charge on any atom is -0.466 e. The highest BCUT2D eigenvalue weighted by Gasteiger charge is 2.43. The quantitative estimate of drug-likeness (QED) is 0.402. The van der Waals surface area contributed by atoms with Crippen molar-refractivity contribution in [2.24, 2.45) is 5.92 Å². The Balaban J connectivity index is 2.41. The smallest absolute Gasteiger partial charge is 0.307 e. The number of sulfonamides is 1. The van der Waals surface area contributed by atoms with Crippen molar-refractivity contribution >= 4 is 21.9 Å². The maximum Gasteiger partial charge on any atom is 0.307 e. The first-order chi connectivity index (χ1) is 14.2. The number of esters is 1. The summed E-state index contributed by atoms with van der Waals surface area (Å²) in [4.78, 5) is 25.5. The molecule has 2 rings (SSSR count). The number of rotatable bonds is 10. The fraction of sp³-hybridized carbons (Fsp3) is 0.565. The molecule has 7 heteroatoms. The van der Waals surface area contributed by atoms with E-state index in [1.807, 2.05) is 19.9 Å². The number of amides is 1. The van der Waals surface area contributed by atoms with Gasteiger partial charge in [-0.1, -0.05) is 56.9 Å². The number of unbranched alkanes of at least 4 members (excludes halogenated alkanes) is 3. The molecule has 1 heterocycles. The van der Waals surface area contributed by atoms with E-state index in [1.165, 1.54) is 12.1 Å². The summed E-state index contributed by atoms with van der Waals surface area (Å²) in [6.45, 7) is 7.73. The van der Waals surface area contributed by atoms with Crippen molar-refractivity contribution < 1.29 is 22.7 Å². The number of ether oxygens (including phenoxy) is 1. The predicted octanol–water partition coefficient (Wildman–Crippen LogP) is 4.38. The minimum absolute atomic E-state index is 0.0507. The van der Waals surface area contributed by atoms with Gasteiger partial charge in [-0.25, -0.2) is 12.7 Å². The molecule has 0 saturated heterocycles.